The molecule has 0 saturated carbocycles. The van der Waals surface area contributed by atoms with Gasteiger partial charge in [-0.1, -0.05) is 0 Å². The van der Waals surface area contributed by atoms with E-state index in [1.165, 1.54) is 0 Å². The van der Waals surface area contributed by atoms with Crippen molar-refractivity contribution in [2.24, 2.45) is 4.99 Å². The summed E-state index contributed by atoms with van der Waals surface area (Å²) in [6.45, 7) is 4.21. The summed E-state index contributed by atoms with van der Waals surface area (Å²) in [5.41, 5.74) is 0. The minimum Gasteiger partial charge on any atom is -0.444 e. The molecule has 0 saturated heterocycles. The minimum absolute atomic E-state index is 0.583. The maximum absolute atomic E-state index is 5.29. The van der Waals surface area contributed by atoms with Gasteiger partial charge in [0.1, 0.15) is 5.76 Å². The van der Waals surface area contributed by atoms with E-state index >= 15 is 0 Å². The Labute approximate surface area is 76.3 Å². The highest BCUT2D eigenvalue weighted by molar-refractivity contribution is 5.81. The predicted octanol–water partition coefficient (Wildman–Crippen LogP) is 0.0318. The van der Waals surface area contributed by atoms with Crippen molar-refractivity contribution in [3.05, 3.63) is 17.8 Å². The Morgan fingerprint density at radius 2 is 2.62 bits per heavy atom. The summed E-state index contributed by atoms with van der Waals surface area (Å²) >= 11 is 0. The van der Waals surface area contributed by atoms with Gasteiger partial charge in [-0.25, -0.2) is 4.98 Å². The number of aliphatic imine (C=N–C) groups is 1. The summed E-state index contributed by atoms with van der Waals surface area (Å²) in [7, 11) is 0. The van der Waals surface area contributed by atoms with E-state index in [0.29, 0.717) is 12.4 Å². The summed E-state index contributed by atoms with van der Waals surface area (Å²) in [5, 5.41) is 6.20. The van der Waals surface area contributed by atoms with Crippen LogP contribution in [0.3, 0.4) is 0 Å². The maximum atomic E-state index is 5.29. The number of hydrogen-bond donors (Lipinski definition) is 2. The second-order valence-electron chi connectivity index (χ2n) is 2.88. The standard InChI is InChI=1S/C8H12N4O/c1-6-4-11-7(13-6)5-12-8-9-2-3-10-8/h4H,2-3,5H2,1H3,(H2,9,10,12). The van der Waals surface area contributed by atoms with Gasteiger partial charge in [-0.05, 0) is 6.92 Å². The van der Waals surface area contributed by atoms with Crippen molar-refractivity contribution in [2.45, 2.75) is 13.5 Å². The van der Waals surface area contributed by atoms with E-state index in [2.05, 4.69) is 20.6 Å². The molecule has 2 N–H and O–H groups in total. The van der Waals surface area contributed by atoms with Gasteiger partial charge in [-0.3, -0.25) is 4.99 Å². The first-order chi connectivity index (χ1) is 6.34. The van der Waals surface area contributed by atoms with Crippen LogP contribution >= 0.6 is 0 Å². The maximum Gasteiger partial charge on any atom is 0.213 e. The average Bonchev–Trinajstić information content (AvgIpc) is 2.71. The first-order valence-corrected chi connectivity index (χ1v) is 4.28. The van der Waals surface area contributed by atoms with Crippen LogP contribution < -0.4 is 10.6 Å². The molecule has 0 aliphatic carbocycles. The number of oxazole rings is 1. The molecule has 1 aliphatic rings. The molecule has 2 rings (SSSR count). The second kappa shape index (κ2) is 3.47. The van der Waals surface area contributed by atoms with Crippen molar-refractivity contribution in [2.75, 3.05) is 13.1 Å². The Kier molecular flexibility index (Phi) is 2.16. The van der Waals surface area contributed by atoms with Gasteiger partial charge < -0.3 is 15.1 Å². The fourth-order valence-electron chi connectivity index (χ4n) is 1.16. The van der Waals surface area contributed by atoms with Crippen molar-refractivity contribution >= 4 is 5.96 Å². The number of rotatable bonds is 2. The largest absolute Gasteiger partial charge is 0.444 e. The number of aryl methyl sites for hydroxylation is 1. The van der Waals surface area contributed by atoms with Crippen LogP contribution in [0.15, 0.2) is 15.6 Å². The molecule has 0 fully saturated rings. The lowest BCUT2D eigenvalue weighted by molar-refractivity contribution is 0.465. The van der Waals surface area contributed by atoms with Gasteiger partial charge in [0, 0.05) is 6.54 Å². The van der Waals surface area contributed by atoms with Crippen LogP contribution in [0.4, 0.5) is 0 Å². The van der Waals surface area contributed by atoms with E-state index in [9.17, 15) is 0 Å². The van der Waals surface area contributed by atoms with Gasteiger partial charge in [0.25, 0.3) is 0 Å². The third kappa shape index (κ3) is 1.99. The molecule has 13 heavy (non-hydrogen) atoms. The van der Waals surface area contributed by atoms with Gasteiger partial charge in [0.2, 0.25) is 5.89 Å². The van der Waals surface area contributed by atoms with Crippen LogP contribution in [0.5, 0.6) is 0 Å². The Hall–Kier alpha value is -1.52. The predicted molar refractivity (Wildman–Crippen MR) is 48.4 cm³/mol. The van der Waals surface area contributed by atoms with E-state index in [4.69, 9.17) is 4.42 Å². The van der Waals surface area contributed by atoms with Crippen LogP contribution in [-0.2, 0) is 6.54 Å². The van der Waals surface area contributed by atoms with Gasteiger partial charge in [-0.2, -0.15) is 0 Å². The first kappa shape index (κ1) is 8.10. The van der Waals surface area contributed by atoms with Crippen molar-refractivity contribution in [1.82, 2.24) is 15.6 Å². The van der Waals surface area contributed by atoms with Crippen molar-refractivity contribution in [1.29, 1.82) is 0 Å². The number of aromatic nitrogens is 1. The Bertz CT molecular complexity index is 318. The van der Waals surface area contributed by atoms with Crippen LogP contribution in [0, 0.1) is 6.92 Å². The molecule has 0 radical (unpaired) electrons. The SMILES string of the molecule is Cc1cnc(CNC2=NCCN2)o1. The normalized spacial score (nSPS) is 15.3. The van der Waals surface area contributed by atoms with E-state index < -0.39 is 0 Å². The highest BCUT2D eigenvalue weighted by atomic mass is 16.4. The van der Waals surface area contributed by atoms with Gasteiger partial charge in [0.05, 0.1) is 19.3 Å². The molecular weight excluding hydrogens is 168 g/mol. The smallest absolute Gasteiger partial charge is 0.213 e. The molecule has 70 valence electrons. The average molecular weight is 180 g/mol. The molecule has 0 amide bonds. The van der Waals surface area contributed by atoms with E-state index in [0.717, 1.165) is 24.8 Å². The quantitative estimate of drug-likeness (QED) is 0.674. The van der Waals surface area contributed by atoms with Crippen molar-refractivity contribution in [3.8, 4) is 0 Å². The zero-order chi connectivity index (χ0) is 9.10. The summed E-state index contributed by atoms with van der Waals surface area (Å²) in [5.74, 6) is 2.35. The molecule has 0 unspecified atom stereocenters. The summed E-state index contributed by atoms with van der Waals surface area (Å²) < 4.78 is 5.29. The molecule has 0 bridgehead atoms. The third-order valence-electron chi connectivity index (χ3n) is 1.75. The van der Waals surface area contributed by atoms with E-state index in [-0.39, 0.29) is 0 Å². The van der Waals surface area contributed by atoms with Gasteiger partial charge in [-0.15, -0.1) is 0 Å². The summed E-state index contributed by atoms with van der Waals surface area (Å²) in [4.78, 5) is 8.25. The molecule has 1 aliphatic heterocycles. The van der Waals surface area contributed by atoms with Crippen molar-refractivity contribution < 1.29 is 4.42 Å². The number of guanidine groups is 1. The molecule has 5 nitrogen and oxygen atoms in total. The topological polar surface area (TPSA) is 62.5 Å². The fraction of sp³-hybridized carbons (Fsp3) is 0.500. The van der Waals surface area contributed by atoms with Crippen LogP contribution in [0.25, 0.3) is 0 Å². The molecule has 0 aromatic carbocycles. The van der Waals surface area contributed by atoms with Crippen LogP contribution in [-0.4, -0.2) is 24.0 Å². The molecule has 2 heterocycles. The molecular formula is C8H12N4O. The molecule has 0 atom stereocenters. The number of nitrogens with one attached hydrogen (secondary N) is 2. The lowest BCUT2D eigenvalue weighted by atomic mass is 10.6. The van der Waals surface area contributed by atoms with E-state index in [1.54, 1.807) is 6.20 Å². The Balaban J connectivity index is 1.85. The summed E-state index contributed by atoms with van der Waals surface area (Å²) in [6, 6.07) is 0. The van der Waals surface area contributed by atoms with Crippen LogP contribution in [0.2, 0.25) is 0 Å². The highest BCUT2D eigenvalue weighted by Crippen LogP contribution is 2.00. The molecule has 1 aromatic rings. The number of hydrogen-bond acceptors (Lipinski definition) is 5. The highest BCUT2D eigenvalue weighted by Gasteiger charge is 2.05. The van der Waals surface area contributed by atoms with Crippen LogP contribution in [0.1, 0.15) is 11.7 Å². The minimum atomic E-state index is 0.583. The third-order valence-corrected chi connectivity index (χ3v) is 1.75. The zero-order valence-electron chi connectivity index (χ0n) is 7.50. The monoisotopic (exact) mass is 180 g/mol. The molecule has 5 heteroatoms. The van der Waals surface area contributed by atoms with E-state index in [1.807, 2.05) is 6.92 Å². The first-order valence-electron chi connectivity index (χ1n) is 4.28. The fourth-order valence-corrected chi connectivity index (χ4v) is 1.16. The Morgan fingerprint density at radius 3 is 3.23 bits per heavy atom. The zero-order valence-corrected chi connectivity index (χ0v) is 7.50. The number of nitrogens with zero attached hydrogens (tertiary/aromatic N) is 2. The lowest BCUT2D eigenvalue weighted by Crippen LogP contribution is -2.33. The molecule has 0 spiro atoms. The van der Waals surface area contributed by atoms with Gasteiger partial charge in [0.15, 0.2) is 5.96 Å². The second-order valence-corrected chi connectivity index (χ2v) is 2.88. The lowest BCUT2D eigenvalue weighted by Gasteiger charge is -2.02. The van der Waals surface area contributed by atoms with Crippen molar-refractivity contribution in [3.63, 3.8) is 0 Å². The van der Waals surface area contributed by atoms with Gasteiger partial charge >= 0.3 is 0 Å². The molecule has 1 aromatic heterocycles. The summed E-state index contributed by atoms with van der Waals surface area (Å²) in [6.07, 6.45) is 1.71. The Morgan fingerprint density at radius 1 is 1.69 bits per heavy atom.